The first kappa shape index (κ1) is 14.2. The smallest absolute Gasteiger partial charge is 0.211 e. The summed E-state index contributed by atoms with van der Waals surface area (Å²) < 4.78 is 30.9. The van der Waals surface area contributed by atoms with E-state index in [9.17, 15) is 8.42 Å². The third-order valence-electron chi connectivity index (χ3n) is 2.42. The molecule has 0 heterocycles. The topological polar surface area (TPSA) is 55.4 Å². The van der Waals surface area contributed by atoms with Gasteiger partial charge in [0.15, 0.2) is 0 Å². The summed E-state index contributed by atoms with van der Waals surface area (Å²) in [6.45, 7) is 2.10. The number of sulfonamides is 1. The van der Waals surface area contributed by atoms with Crippen LogP contribution in [0.25, 0.3) is 0 Å². The molecule has 0 spiro atoms. The van der Waals surface area contributed by atoms with Crippen LogP contribution in [0, 0.1) is 0 Å². The van der Waals surface area contributed by atoms with Crippen molar-refractivity contribution < 1.29 is 13.2 Å². The Kier molecular flexibility index (Phi) is 5.61. The molecular formula is C12H19NO3S. The quantitative estimate of drug-likeness (QED) is 0.809. The van der Waals surface area contributed by atoms with E-state index in [0.717, 1.165) is 5.56 Å². The van der Waals surface area contributed by atoms with Gasteiger partial charge in [-0.3, -0.25) is 0 Å². The average molecular weight is 257 g/mol. The summed E-state index contributed by atoms with van der Waals surface area (Å²) in [6.07, 6.45) is 0.362. The van der Waals surface area contributed by atoms with E-state index in [1.807, 2.05) is 37.3 Å². The van der Waals surface area contributed by atoms with Crippen molar-refractivity contribution in [2.75, 3.05) is 19.4 Å². The number of hydrogen-bond acceptors (Lipinski definition) is 3. The van der Waals surface area contributed by atoms with Crippen LogP contribution in [-0.2, 0) is 14.8 Å². The lowest BCUT2D eigenvalue weighted by molar-refractivity contribution is 0.107. The molecule has 0 aliphatic carbocycles. The van der Waals surface area contributed by atoms with E-state index in [1.165, 1.54) is 0 Å². The molecule has 5 heteroatoms. The van der Waals surface area contributed by atoms with Gasteiger partial charge < -0.3 is 4.74 Å². The monoisotopic (exact) mass is 257 g/mol. The Morgan fingerprint density at radius 1 is 1.29 bits per heavy atom. The highest BCUT2D eigenvalue weighted by Crippen LogP contribution is 2.15. The van der Waals surface area contributed by atoms with Crippen molar-refractivity contribution >= 4 is 10.0 Å². The molecule has 1 aromatic rings. The van der Waals surface area contributed by atoms with Crippen molar-refractivity contribution in [2.45, 2.75) is 19.4 Å². The van der Waals surface area contributed by atoms with Gasteiger partial charge in [0.1, 0.15) is 0 Å². The molecule has 0 fully saturated rings. The predicted molar refractivity (Wildman–Crippen MR) is 68.3 cm³/mol. The molecule has 96 valence electrons. The molecule has 0 bridgehead atoms. The van der Waals surface area contributed by atoms with Gasteiger partial charge in [0.25, 0.3) is 0 Å². The molecule has 1 rings (SSSR count). The van der Waals surface area contributed by atoms with Crippen LogP contribution >= 0.6 is 0 Å². The Labute approximate surface area is 103 Å². The van der Waals surface area contributed by atoms with E-state index < -0.39 is 10.0 Å². The Morgan fingerprint density at radius 2 is 1.94 bits per heavy atom. The fourth-order valence-corrected chi connectivity index (χ4v) is 2.64. The molecule has 0 unspecified atom stereocenters. The van der Waals surface area contributed by atoms with Crippen LogP contribution in [0.2, 0.25) is 0 Å². The molecule has 1 atom stereocenters. The Morgan fingerprint density at radius 3 is 2.47 bits per heavy atom. The van der Waals surface area contributed by atoms with Crippen LogP contribution in [-0.4, -0.2) is 27.8 Å². The Hall–Kier alpha value is -0.910. The number of ether oxygens (including phenoxy) is 1. The third-order valence-corrected chi connectivity index (χ3v) is 3.97. The van der Waals surface area contributed by atoms with E-state index in [-0.39, 0.29) is 18.4 Å². The van der Waals surface area contributed by atoms with Crippen molar-refractivity contribution in [3.63, 3.8) is 0 Å². The van der Waals surface area contributed by atoms with Gasteiger partial charge in [-0.2, -0.15) is 0 Å². The molecule has 4 nitrogen and oxygen atoms in total. The molecule has 0 aromatic heterocycles. The minimum absolute atomic E-state index is 0.151. The van der Waals surface area contributed by atoms with Crippen molar-refractivity contribution in [3.05, 3.63) is 35.9 Å². The van der Waals surface area contributed by atoms with E-state index in [1.54, 1.807) is 7.11 Å². The molecule has 0 radical (unpaired) electrons. The SMILES string of the molecule is CCCS(=O)(=O)NC[C@H](OC)c1ccccc1. The lowest BCUT2D eigenvalue weighted by atomic mass is 10.1. The first-order valence-corrected chi connectivity index (χ1v) is 7.29. The lowest BCUT2D eigenvalue weighted by Gasteiger charge is -2.16. The van der Waals surface area contributed by atoms with E-state index in [4.69, 9.17) is 4.74 Å². The molecular weight excluding hydrogens is 238 g/mol. The van der Waals surface area contributed by atoms with E-state index >= 15 is 0 Å². The highest BCUT2D eigenvalue weighted by Gasteiger charge is 2.14. The minimum Gasteiger partial charge on any atom is -0.375 e. The highest BCUT2D eigenvalue weighted by molar-refractivity contribution is 7.89. The fourth-order valence-electron chi connectivity index (χ4n) is 1.55. The highest BCUT2D eigenvalue weighted by atomic mass is 32.2. The van der Waals surface area contributed by atoms with Crippen molar-refractivity contribution in [1.29, 1.82) is 0 Å². The van der Waals surface area contributed by atoms with Gasteiger partial charge in [0.2, 0.25) is 10.0 Å². The van der Waals surface area contributed by atoms with Crippen molar-refractivity contribution in [3.8, 4) is 0 Å². The lowest BCUT2D eigenvalue weighted by Crippen LogP contribution is -2.31. The predicted octanol–water partition coefficient (Wildman–Crippen LogP) is 1.70. The summed E-state index contributed by atoms with van der Waals surface area (Å²) in [4.78, 5) is 0. The normalized spacial score (nSPS) is 13.5. The molecule has 1 N–H and O–H groups in total. The second-order valence-electron chi connectivity index (χ2n) is 3.80. The summed E-state index contributed by atoms with van der Waals surface area (Å²) in [6, 6.07) is 9.56. The number of nitrogens with one attached hydrogen (secondary N) is 1. The summed E-state index contributed by atoms with van der Waals surface area (Å²) in [5, 5.41) is 0. The van der Waals surface area contributed by atoms with Crippen LogP contribution in [0.5, 0.6) is 0 Å². The van der Waals surface area contributed by atoms with Crippen LogP contribution in [0.3, 0.4) is 0 Å². The molecule has 0 saturated heterocycles. The summed E-state index contributed by atoms with van der Waals surface area (Å²) in [5.74, 6) is 0.151. The van der Waals surface area contributed by atoms with Gasteiger partial charge in [-0.15, -0.1) is 0 Å². The number of rotatable bonds is 7. The van der Waals surface area contributed by atoms with Crippen molar-refractivity contribution in [2.24, 2.45) is 0 Å². The van der Waals surface area contributed by atoms with Crippen LogP contribution in [0.4, 0.5) is 0 Å². The van der Waals surface area contributed by atoms with Crippen LogP contribution in [0.15, 0.2) is 30.3 Å². The zero-order chi connectivity index (χ0) is 12.7. The standard InChI is InChI=1S/C12H19NO3S/c1-3-9-17(14,15)13-10-12(16-2)11-7-5-4-6-8-11/h4-8,12-13H,3,9-10H2,1-2H3/t12-/m0/s1. The second-order valence-corrected chi connectivity index (χ2v) is 5.73. The largest absolute Gasteiger partial charge is 0.375 e. The van der Waals surface area contributed by atoms with Gasteiger partial charge in [0.05, 0.1) is 11.9 Å². The molecule has 0 aliphatic rings. The summed E-state index contributed by atoms with van der Waals surface area (Å²) >= 11 is 0. The van der Waals surface area contributed by atoms with Gasteiger partial charge in [-0.1, -0.05) is 37.3 Å². The zero-order valence-corrected chi connectivity index (χ0v) is 11.0. The van der Waals surface area contributed by atoms with Gasteiger partial charge in [-0.05, 0) is 12.0 Å². The summed E-state index contributed by atoms with van der Waals surface area (Å²) in [5.41, 5.74) is 0.967. The number of hydrogen-bond donors (Lipinski definition) is 1. The molecule has 1 aromatic carbocycles. The number of methoxy groups -OCH3 is 1. The van der Waals surface area contributed by atoms with Crippen molar-refractivity contribution in [1.82, 2.24) is 4.72 Å². The Balaban J connectivity index is 2.60. The number of benzene rings is 1. The first-order valence-electron chi connectivity index (χ1n) is 5.64. The third kappa shape index (κ3) is 4.85. The maximum Gasteiger partial charge on any atom is 0.211 e. The van der Waals surface area contributed by atoms with E-state index in [2.05, 4.69) is 4.72 Å². The second kappa shape index (κ2) is 6.74. The maximum atomic E-state index is 11.5. The summed E-state index contributed by atoms with van der Waals surface area (Å²) in [7, 11) is -1.60. The van der Waals surface area contributed by atoms with E-state index in [0.29, 0.717) is 6.42 Å². The minimum atomic E-state index is -3.17. The molecule has 0 aliphatic heterocycles. The van der Waals surface area contributed by atoms with Gasteiger partial charge >= 0.3 is 0 Å². The Bertz CT molecular complexity index is 417. The maximum absolute atomic E-state index is 11.5. The average Bonchev–Trinajstić information content (AvgIpc) is 2.31. The molecule has 0 saturated carbocycles. The van der Waals surface area contributed by atoms with Gasteiger partial charge in [0, 0.05) is 13.7 Å². The van der Waals surface area contributed by atoms with Gasteiger partial charge in [-0.25, -0.2) is 13.1 Å². The fraction of sp³-hybridized carbons (Fsp3) is 0.500. The van der Waals surface area contributed by atoms with Crippen LogP contribution < -0.4 is 4.72 Å². The zero-order valence-electron chi connectivity index (χ0n) is 10.2. The molecule has 0 amide bonds. The van der Waals surface area contributed by atoms with Crippen LogP contribution in [0.1, 0.15) is 25.0 Å². The molecule has 17 heavy (non-hydrogen) atoms. The first-order chi connectivity index (χ1) is 8.09.